The van der Waals surface area contributed by atoms with Gasteiger partial charge in [-0.1, -0.05) is 28.0 Å². The number of rotatable bonds is 1. The second-order valence-corrected chi connectivity index (χ2v) is 3.16. The molecule has 0 unspecified atom stereocenters. The lowest BCUT2D eigenvalue weighted by Gasteiger charge is -1.98. The van der Waals surface area contributed by atoms with Crippen LogP contribution in [0.4, 0.5) is 0 Å². The molecule has 0 aliphatic rings. The highest BCUT2D eigenvalue weighted by Gasteiger charge is 2.10. The summed E-state index contributed by atoms with van der Waals surface area (Å²) >= 11 is 11.7. The van der Waals surface area contributed by atoms with E-state index in [9.17, 15) is 0 Å². The first kappa shape index (κ1) is 8.59. The van der Waals surface area contributed by atoms with Gasteiger partial charge in [-0.2, -0.15) is 0 Å². The summed E-state index contributed by atoms with van der Waals surface area (Å²) < 4.78 is 0. The fourth-order valence-electron chi connectivity index (χ4n) is 1.05. The summed E-state index contributed by atoms with van der Waals surface area (Å²) in [6.45, 7) is 0. The van der Waals surface area contributed by atoms with Crippen LogP contribution in [-0.4, -0.2) is 22.3 Å². The monoisotopic (exact) mass is 217 g/mol. The summed E-state index contributed by atoms with van der Waals surface area (Å²) in [7, 11) is 1.50. The van der Waals surface area contributed by atoms with Crippen molar-refractivity contribution in [3.8, 4) is 0 Å². The molecule has 0 spiro atoms. The smallest absolute Gasteiger partial charge is 0.137 e. The lowest BCUT2D eigenvalue weighted by Crippen LogP contribution is -2.06. The Bertz CT molecular complexity index is 454. The van der Waals surface area contributed by atoms with Gasteiger partial charge in [0.15, 0.2) is 0 Å². The van der Waals surface area contributed by atoms with Crippen molar-refractivity contribution in [3.05, 3.63) is 22.2 Å². The number of benzene rings is 1. The normalized spacial score (nSPS) is 10.7. The lowest BCUT2D eigenvalue weighted by atomic mass is 10.3. The van der Waals surface area contributed by atoms with Gasteiger partial charge < -0.3 is 4.84 Å². The standard InChI is InChI=1S/C7H5Cl2N3O/c1-13-12-5-3-2-4(8)6(9)7(5)10-11-12/h2-3H,1H3. The summed E-state index contributed by atoms with van der Waals surface area (Å²) in [5, 5.41) is 8.39. The van der Waals surface area contributed by atoms with Crippen LogP contribution >= 0.6 is 23.2 Å². The van der Waals surface area contributed by atoms with Crippen LogP contribution in [0.15, 0.2) is 12.1 Å². The van der Waals surface area contributed by atoms with Crippen LogP contribution in [0.1, 0.15) is 0 Å². The highest BCUT2D eigenvalue weighted by molar-refractivity contribution is 6.44. The SMILES string of the molecule is COn1nnc2c(Cl)c(Cl)ccc21. The van der Waals surface area contributed by atoms with Crippen LogP contribution in [0.3, 0.4) is 0 Å². The molecule has 0 atom stereocenters. The first-order chi connectivity index (χ1) is 6.24. The maximum atomic E-state index is 5.89. The first-order valence-electron chi connectivity index (χ1n) is 3.48. The number of fused-ring (bicyclic) bond motifs is 1. The van der Waals surface area contributed by atoms with E-state index in [0.29, 0.717) is 21.1 Å². The molecule has 0 N–H and O–H groups in total. The van der Waals surface area contributed by atoms with Crippen LogP contribution in [-0.2, 0) is 0 Å². The largest absolute Gasteiger partial charge is 0.398 e. The highest BCUT2D eigenvalue weighted by Crippen LogP contribution is 2.28. The van der Waals surface area contributed by atoms with Gasteiger partial charge >= 0.3 is 0 Å². The maximum absolute atomic E-state index is 5.89. The molecule has 0 fully saturated rings. The average molecular weight is 218 g/mol. The Morgan fingerprint density at radius 3 is 2.85 bits per heavy atom. The Kier molecular flexibility index (Phi) is 2.01. The van der Waals surface area contributed by atoms with Crippen LogP contribution in [0, 0.1) is 0 Å². The zero-order chi connectivity index (χ0) is 9.42. The molecule has 0 aliphatic heterocycles. The molecule has 0 aliphatic carbocycles. The number of aromatic nitrogens is 3. The number of hydrogen-bond acceptors (Lipinski definition) is 3. The van der Waals surface area contributed by atoms with Gasteiger partial charge in [-0.3, -0.25) is 0 Å². The molecule has 0 saturated carbocycles. The number of halogens is 2. The number of nitrogens with zero attached hydrogens (tertiary/aromatic N) is 3. The van der Waals surface area contributed by atoms with Crippen molar-refractivity contribution in [1.82, 2.24) is 15.2 Å². The Morgan fingerprint density at radius 1 is 1.38 bits per heavy atom. The van der Waals surface area contributed by atoms with Crippen LogP contribution in [0.5, 0.6) is 0 Å². The van der Waals surface area contributed by atoms with E-state index in [-0.39, 0.29) is 0 Å². The maximum Gasteiger partial charge on any atom is 0.137 e. The quantitative estimate of drug-likeness (QED) is 0.732. The molecule has 1 heterocycles. The van der Waals surface area contributed by atoms with E-state index in [4.69, 9.17) is 28.0 Å². The minimum atomic E-state index is 0.391. The second kappa shape index (κ2) is 3.05. The fourth-order valence-corrected chi connectivity index (χ4v) is 1.40. The predicted molar refractivity (Wildman–Crippen MR) is 50.1 cm³/mol. The van der Waals surface area contributed by atoms with Gasteiger partial charge in [-0.05, 0) is 17.3 Å². The van der Waals surface area contributed by atoms with Crippen LogP contribution in [0.25, 0.3) is 11.0 Å². The van der Waals surface area contributed by atoms with Gasteiger partial charge in [-0.15, -0.1) is 5.10 Å². The molecule has 0 radical (unpaired) electrons. The van der Waals surface area contributed by atoms with Crippen LogP contribution in [0.2, 0.25) is 10.0 Å². The molecule has 0 bridgehead atoms. The molecular weight excluding hydrogens is 213 g/mol. The van der Waals surface area contributed by atoms with Crippen molar-refractivity contribution in [3.63, 3.8) is 0 Å². The molecule has 1 aromatic heterocycles. The Balaban J connectivity index is 2.81. The molecule has 1 aromatic carbocycles. The minimum Gasteiger partial charge on any atom is -0.398 e. The average Bonchev–Trinajstić information content (AvgIpc) is 2.55. The van der Waals surface area contributed by atoms with E-state index in [1.54, 1.807) is 12.1 Å². The van der Waals surface area contributed by atoms with Crippen molar-refractivity contribution in [1.29, 1.82) is 0 Å². The Morgan fingerprint density at radius 2 is 2.15 bits per heavy atom. The highest BCUT2D eigenvalue weighted by atomic mass is 35.5. The minimum absolute atomic E-state index is 0.391. The predicted octanol–water partition coefficient (Wildman–Crippen LogP) is 1.80. The van der Waals surface area contributed by atoms with Crippen molar-refractivity contribution < 1.29 is 4.84 Å². The van der Waals surface area contributed by atoms with E-state index >= 15 is 0 Å². The van der Waals surface area contributed by atoms with Gasteiger partial charge in [0, 0.05) is 0 Å². The van der Waals surface area contributed by atoms with Gasteiger partial charge in [0.05, 0.1) is 10.0 Å². The third kappa shape index (κ3) is 1.22. The number of hydrogen-bond donors (Lipinski definition) is 0. The molecule has 2 aromatic rings. The summed E-state index contributed by atoms with van der Waals surface area (Å²) in [5.41, 5.74) is 1.23. The third-order valence-corrected chi connectivity index (χ3v) is 2.45. The van der Waals surface area contributed by atoms with Crippen LogP contribution < -0.4 is 4.84 Å². The molecule has 2 rings (SSSR count). The van der Waals surface area contributed by atoms with E-state index < -0.39 is 0 Å². The van der Waals surface area contributed by atoms with Crippen molar-refractivity contribution in [2.45, 2.75) is 0 Å². The van der Waals surface area contributed by atoms with Gasteiger partial charge in [0.2, 0.25) is 0 Å². The van der Waals surface area contributed by atoms with Crippen molar-refractivity contribution >= 4 is 34.2 Å². The Hall–Kier alpha value is -1.00. The van der Waals surface area contributed by atoms with Crippen molar-refractivity contribution in [2.75, 3.05) is 7.11 Å². The zero-order valence-electron chi connectivity index (χ0n) is 6.66. The molecule has 6 heteroatoms. The van der Waals surface area contributed by atoms with Crippen molar-refractivity contribution in [2.24, 2.45) is 0 Å². The molecule has 0 saturated heterocycles. The zero-order valence-corrected chi connectivity index (χ0v) is 8.17. The molecular formula is C7H5Cl2N3O. The summed E-state index contributed by atoms with van der Waals surface area (Å²) in [6.07, 6.45) is 0. The molecule has 0 amide bonds. The molecule has 13 heavy (non-hydrogen) atoms. The Labute approximate surface area is 83.9 Å². The fraction of sp³-hybridized carbons (Fsp3) is 0.143. The van der Waals surface area contributed by atoms with Gasteiger partial charge in [0.25, 0.3) is 0 Å². The summed E-state index contributed by atoms with van der Waals surface area (Å²) in [6, 6.07) is 3.41. The van der Waals surface area contributed by atoms with E-state index in [1.807, 2.05) is 0 Å². The van der Waals surface area contributed by atoms with Gasteiger partial charge in [0.1, 0.15) is 18.1 Å². The molecule has 68 valence electrons. The van der Waals surface area contributed by atoms with E-state index in [1.165, 1.54) is 12.0 Å². The summed E-state index contributed by atoms with van der Waals surface area (Å²) in [4.78, 5) is 6.18. The first-order valence-corrected chi connectivity index (χ1v) is 4.23. The lowest BCUT2D eigenvalue weighted by molar-refractivity contribution is 0.139. The van der Waals surface area contributed by atoms with Gasteiger partial charge in [-0.25, -0.2) is 0 Å². The molecule has 4 nitrogen and oxygen atoms in total. The topological polar surface area (TPSA) is 39.9 Å². The van der Waals surface area contributed by atoms with E-state index in [0.717, 1.165) is 0 Å². The summed E-state index contributed by atoms with van der Waals surface area (Å²) in [5.74, 6) is 0. The van der Waals surface area contributed by atoms with E-state index in [2.05, 4.69) is 10.3 Å². The second-order valence-electron chi connectivity index (χ2n) is 2.37. The third-order valence-electron chi connectivity index (χ3n) is 1.65.